The number of likely N-dealkylation sites (tertiary alicyclic amines) is 1. The van der Waals surface area contributed by atoms with Crippen LogP contribution in [0.5, 0.6) is 0 Å². The van der Waals surface area contributed by atoms with Gasteiger partial charge in [0.1, 0.15) is 11.6 Å². The number of amides is 1. The lowest BCUT2D eigenvalue weighted by molar-refractivity contribution is -0.128. The molecule has 7 heteroatoms. The highest BCUT2D eigenvalue weighted by Gasteiger charge is 2.32. The van der Waals surface area contributed by atoms with Crippen LogP contribution in [0.2, 0.25) is 0 Å². The summed E-state index contributed by atoms with van der Waals surface area (Å²) in [5.41, 5.74) is 2.11. The van der Waals surface area contributed by atoms with Crippen molar-refractivity contribution < 1.29 is 9.53 Å². The number of carbonyl (C=O) groups excluding carboxylic acids is 1. The Labute approximate surface area is 178 Å². The molecule has 0 saturated carbocycles. The molecule has 0 aliphatic carbocycles. The van der Waals surface area contributed by atoms with Gasteiger partial charge in [-0.25, -0.2) is 9.97 Å². The molecule has 0 radical (unpaired) electrons. The molecule has 2 saturated heterocycles. The molecule has 1 amide bonds. The van der Waals surface area contributed by atoms with Crippen LogP contribution in [-0.4, -0.2) is 65.6 Å². The summed E-state index contributed by atoms with van der Waals surface area (Å²) in [7, 11) is 4.01. The van der Waals surface area contributed by atoms with Crippen LogP contribution in [0, 0.1) is 0 Å². The number of benzene rings is 1. The predicted molar refractivity (Wildman–Crippen MR) is 116 cm³/mol. The van der Waals surface area contributed by atoms with Crippen LogP contribution in [0.3, 0.4) is 0 Å². The van der Waals surface area contributed by atoms with Crippen LogP contribution < -0.4 is 5.32 Å². The number of anilines is 1. The zero-order valence-corrected chi connectivity index (χ0v) is 17.9. The van der Waals surface area contributed by atoms with E-state index in [2.05, 4.69) is 34.4 Å². The van der Waals surface area contributed by atoms with Crippen molar-refractivity contribution in [2.75, 3.05) is 39.2 Å². The van der Waals surface area contributed by atoms with Crippen LogP contribution in [0.1, 0.15) is 42.3 Å². The quantitative estimate of drug-likeness (QED) is 0.758. The molecule has 2 aliphatic rings. The number of hydrogen-bond donors (Lipinski definition) is 1. The molecule has 0 bridgehead atoms. The van der Waals surface area contributed by atoms with Crippen LogP contribution in [0.25, 0.3) is 0 Å². The second-order valence-electron chi connectivity index (χ2n) is 8.26. The van der Waals surface area contributed by atoms with Crippen LogP contribution in [0.4, 0.5) is 5.82 Å². The topological polar surface area (TPSA) is 70.6 Å². The summed E-state index contributed by atoms with van der Waals surface area (Å²) in [5.74, 6) is 1.90. The smallest absolute Gasteiger partial charge is 0.223 e. The third kappa shape index (κ3) is 4.96. The van der Waals surface area contributed by atoms with E-state index < -0.39 is 0 Å². The number of carbonyl (C=O) groups is 1. The summed E-state index contributed by atoms with van der Waals surface area (Å²) >= 11 is 0. The molecule has 30 heavy (non-hydrogen) atoms. The van der Waals surface area contributed by atoms with Gasteiger partial charge in [-0.05, 0) is 25.5 Å². The van der Waals surface area contributed by atoms with Gasteiger partial charge < -0.3 is 15.0 Å². The van der Waals surface area contributed by atoms with Crippen LogP contribution in [-0.2, 0) is 22.6 Å². The van der Waals surface area contributed by atoms with E-state index in [1.165, 1.54) is 0 Å². The van der Waals surface area contributed by atoms with Crippen molar-refractivity contribution in [1.29, 1.82) is 0 Å². The molecular formula is C23H31N5O2. The Morgan fingerprint density at radius 2 is 1.97 bits per heavy atom. The third-order valence-corrected chi connectivity index (χ3v) is 6.10. The van der Waals surface area contributed by atoms with E-state index in [0.29, 0.717) is 32.1 Å². The maximum Gasteiger partial charge on any atom is 0.223 e. The normalized spacial score (nSPS) is 20.2. The number of rotatable bonds is 7. The van der Waals surface area contributed by atoms with Gasteiger partial charge in [-0.3, -0.25) is 9.69 Å². The largest absolute Gasteiger partial charge is 0.381 e. The second-order valence-corrected chi connectivity index (χ2v) is 8.26. The summed E-state index contributed by atoms with van der Waals surface area (Å²) in [6.45, 7) is 3.68. The molecule has 1 aromatic heterocycles. The van der Waals surface area contributed by atoms with Gasteiger partial charge in [0.15, 0.2) is 0 Å². The first-order valence-electron chi connectivity index (χ1n) is 10.8. The number of nitrogens with one attached hydrogen (secondary N) is 1. The highest BCUT2D eigenvalue weighted by atomic mass is 16.5. The second kappa shape index (κ2) is 9.53. The first-order chi connectivity index (χ1) is 14.6. The van der Waals surface area contributed by atoms with Crippen molar-refractivity contribution in [2.45, 2.75) is 44.3 Å². The fraction of sp³-hybridized carbons (Fsp3) is 0.522. The molecule has 1 unspecified atom stereocenters. The first kappa shape index (κ1) is 20.8. The first-order valence-corrected chi connectivity index (χ1v) is 10.8. The Bertz CT molecular complexity index is 854. The van der Waals surface area contributed by atoms with E-state index in [1.54, 1.807) is 0 Å². The summed E-state index contributed by atoms with van der Waals surface area (Å²) in [6, 6.07) is 12.6. The number of hydrogen-bond acceptors (Lipinski definition) is 6. The van der Waals surface area contributed by atoms with Crippen molar-refractivity contribution in [3.05, 3.63) is 53.5 Å². The number of ether oxygens (including phenoxy) is 1. The SMILES string of the molecule is CNc1cc(C2CC(=O)N(Cc3ccccc3)C2)nc(CN(C)C2CCOCC2)n1. The van der Waals surface area contributed by atoms with E-state index >= 15 is 0 Å². The minimum absolute atomic E-state index is 0.100. The van der Waals surface area contributed by atoms with Gasteiger partial charge in [0.25, 0.3) is 0 Å². The Kier molecular flexibility index (Phi) is 6.59. The standard InChI is InChI=1S/C23H31N5O2/c1-24-21-13-20(25-22(26-21)16-27(2)19-8-10-30-11-9-19)18-12-23(29)28(15-18)14-17-6-4-3-5-7-17/h3-7,13,18-19H,8-12,14-16H2,1-2H3,(H,24,25,26). The molecular weight excluding hydrogens is 378 g/mol. The Morgan fingerprint density at radius 3 is 2.70 bits per heavy atom. The minimum Gasteiger partial charge on any atom is -0.381 e. The van der Waals surface area contributed by atoms with Crippen molar-refractivity contribution >= 4 is 11.7 Å². The highest BCUT2D eigenvalue weighted by Crippen LogP contribution is 2.29. The third-order valence-electron chi connectivity index (χ3n) is 6.10. The van der Waals surface area contributed by atoms with Gasteiger partial charge in [0, 0.05) is 57.8 Å². The lowest BCUT2D eigenvalue weighted by atomic mass is 10.0. The van der Waals surface area contributed by atoms with Crippen molar-refractivity contribution in [1.82, 2.24) is 19.8 Å². The average molecular weight is 410 g/mol. The molecule has 2 fully saturated rings. The molecule has 2 aliphatic heterocycles. The molecule has 160 valence electrons. The van der Waals surface area contributed by atoms with Crippen LogP contribution >= 0.6 is 0 Å². The lowest BCUT2D eigenvalue weighted by Crippen LogP contribution is -2.36. The zero-order valence-electron chi connectivity index (χ0n) is 17.9. The summed E-state index contributed by atoms with van der Waals surface area (Å²) < 4.78 is 5.48. The van der Waals surface area contributed by atoms with Gasteiger partial charge in [-0.15, -0.1) is 0 Å². The average Bonchev–Trinajstić information content (AvgIpc) is 3.15. The van der Waals surface area contributed by atoms with Gasteiger partial charge in [0.05, 0.1) is 12.2 Å². The summed E-state index contributed by atoms with van der Waals surface area (Å²) in [6.07, 6.45) is 2.59. The molecule has 1 N–H and O–H groups in total. The Balaban J connectivity index is 1.46. The van der Waals surface area contributed by atoms with E-state index in [9.17, 15) is 4.79 Å². The molecule has 0 spiro atoms. The maximum atomic E-state index is 12.6. The van der Waals surface area contributed by atoms with Gasteiger partial charge in [0.2, 0.25) is 5.91 Å². The number of nitrogens with zero attached hydrogens (tertiary/aromatic N) is 4. The van der Waals surface area contributed by atoms with E-state index in [-0.39, 0.29) is 11.8 Å². The maximum absolute atomic E-state index is 12.6. The van der Waals surface area contributed by atoms with Gasteiger partial charge in [-0.1, -0.05) is 30.3 Å². The molecule has 1 atom stereocenters. The predicted octanol–water partition coefficient (Wildman–Crippen LogP) is 2.65. The number of aromatic nitrogens is 2. The van der Waals surface area contributed by atoms with Crippen molar-refractivity contribution in [3.8, 4) is 0 Å². The minimum atomic E-state index is 0.100. The highest BCUT2D eigenvalue weighted by molar-refractivity contribution is 5.79. The summed E-state index contributed by atoms with van der Waals surface area (Å²) in [4.78, 5) is 26.4. The van der Waals surface area contributed by atoms with E-state index in [0.717, 1.165) is 49.0 Å². The van der Waals surface area contributed by atoms with Crippen LogP contribution in [0.15, 0.2) is 36.4 Å². The molecule has 7 nitrogen and oxygen atoms in total. The Morgan fingerprint density at radius 1 is 1.20 bits per heavy atom. The van der Waals surface area contributed by atoms with Gasteiger partial charge in [-0.2, -0.15) is 0 Å². The fourth-order valence-electron chi connectivity index (χ4n) is 4.33. The monoisotopic (exact) mass is 409 g/mol. The van der Waals surface area contributed by atoms with Gasteiger partial charge >= 0.3 is 0 Å². The zero-order chi connectivity index (χ0) is 20.9. The van der Waals surface area contributed by atoms with E-state index in [4.69, 9.17) is 9.72 Å². The molecule has 2 aromatic rings. The molecule has 3 heterocycles. The lowest BCUT2D eigenvalue weighted by Gasteiger charge is -2.30. The van der Waals surface area contributed by atoms with E-state index in [1.807, 2.05) is 36.2 Å². The fourth-order valence-corrected chi connectivity index (χ4v) is 4.33. The summed E-state index contributed by atoms with van der Waals surface area (Å²) in [5, 5.41) is 3.16. The van der Waals surface area contributed by atoms with Crippen molar-refractivity contribution in [3.63, 3.8) is 0 Å². The molecule has 4 rings (SSSR count). The molecule has 1 aromatic carbocycles. The van der Waals surface area contributed by atoms with Crippen molar-refractivity contribution in [2.24, 2.45) is 0 Å². The Hall–Kier alpha value is -2.51.